The second-order valence-corrected chi connectivity index (χ2v) is 5.71. The van der Waals surface area contributed by atoms with E-state index in [1.54, 1.807) is 0 Å². The summed E-state index contributed by atoms with van der Waals surface area (Å²) in [5.41, 5.74) is 0.869. The van der Waals surface area contributed by atoms with E-state index in [4.69, 9.17) is 6.58 Å². The molecule has 0 aliphatic rings. The lowest BCUT2D eigenvalue weighted by Gasteiger charge is -2.21. The molecule has 0 bridgehead atoms. The van der Waals surface area contributed by atoms with Crippen LogP contribution in [0.5, 0.6) is 0 Å². The minimum atomic E-state index is -3.15. The summed E-state index contributed by atoms with van der Waals surface area (Å²) in [6, 6.07) is 9.21. The fourth-order valence-corrected chi connectivity index (χ4v) is 2.31. The van der Waals surface area contributed by atoms with Crippen LogP contribution in [0.25, 0.3) is 0 Å². The van der Waals surface area contributed by atoms with Gasteiger partial charge in [0.05, 0.1) is 6.10 Å². The Labute approximate surface area is 137 Å². The van der Waals surface area contributed by atoms with Crippen molar-refractivity contribution in [1.29, 1.82) is 0 Å². The summed E-state index contributed by atoms with van der Waals surface area (Å²) in [6.45, 7) is 7.14. The van der Waals surface area contributed by atoms with Crippen molar-refractivity contribution in [2.75, 3.05) is 0 Å². The third kappa shape index (κ3) is 6.63. The number of aliphatic hydroxyl groups is 2. The topological polar surface area (TPSA) is 40.5 Å². The molecule has 0 saturated heterocycles. The van der Waals surface area contributed by atoms with E-state index in [0.717, 1.165) is 17.7 Å². The van der Waals surface area contributed by atoms with Gasteiger partial charge in [-0.25, -0.2) is 8.78 Å². The predicted octanol–water partition coefficient (Wildman–Crippen LogP) is 4.25. The van der Waals surface area contributed by atoms with Crippen LogP contribution in [0.4, 0.5) is 8.78 Å². The van der Waals surface area contributed by atoms with Gasteiger partial charge in [0, 0.05) is 12.3 Å². The third-order valence-electron chi connectivity index (χ3n) is 3.77. The van der Waals surface area contributed by atoms with Crippen molar-refractivity contribution in [1.82, 2.24) is 0 Å². The molecule has 2 nitrogen and oxygen atoms in total. The average Bonchev–Trinajstić information content (AvgIpc) is 2.56. The molecule has 0 fully saturated rings. The molecule has 1 radical (unpaired) electrons. The Balaban J connectivity index is 2.85. The first-order chi connectivity index (χ1) is 10.9. The van der Waals surface area contributed by atoms with Gasteiger partial charge in [-0.1, -0.05) is 68.5 Å². The number of alkyl halides is 2. The van der Waals surface area contributed by atoms with Crippen LogP contribution in [0, 0.1) is 6.58 Å². The molecule has 0 amide bonds. The maximum Gasteiger partial charge on any atom is 0.276 e. The molecule has 0 aliphatic carbocycles. The van der Waals surface area contributed by atoms with Gasteiger partial charge in [0.25, 0.3) is 5.92 Å². The van der Waals surface area contributed by atoms with Crippen LogP contribution in [0.1, 0.15) is 44.1 Å². The molecule has 1 aromatic carbocycles. The number of hydrogen-bond donors (Lipinski definition) is 2. The van der Waals surface area contributed by atoms with Crippen LogP contribution in [-0.4, -0.2) is 28.3 Å². The van der Waals surface area contributed by atoms with E-state index >= 15 is 0 Å². The van der Waals surface area contributed by atoms with Gasteiger partial charge >= 0.3 is 0 Å². The molecule has 23 heavy (non-hydrogen) atoms. The molecule has 1 aromatic rings. The van der Waals surface area contributed by atoms with Gasteiger partial charge < -0.3 is 10.2 Å². The highest BCUT2D eigenvalue weighted by Crippen LogP contribution is 2.28. The lowest BCUT2D eigenvalue weighted by atomic mass is 9.91. The minimum Gasteiger partial charge on any atom is -0.389 e. The second kappa shape index (κ2) is 9.58. The van der Waals surface area contributed by atoms with Gasteiger partial charge in [-0.3, -0.25) is 0 Å². The first-order valence-electron chi connectivity index (χ1n) is 7.93. The van der Waals surface area contributed by atoms with Gasteiger partial charge in [-0.05, 0) is 18.4 Å². The van der Waals surface area contributed by atoms with E-state index in [1.165, 1.54) is 6.08 Å². The molecule has 2 N–H and O–H groups in total. The quantitative estimate of drug-likeness (QED) is 0.632. The molecule has 4 heteroatoms. The van der Waals surface area contributed by atoms with Gasteiger partial charge in [0.15, 0.2) is 0 Å². The van der Waals surface area contributed by atoms with Crippen LogP contribution in [0.15, 0.2) is 48.6 Å². The lowest BCUT2D eigenvalue weighted by molar-refractivity contribution is -0.0930. The van der Waals surface area contributed by atoms with Crippen molar-refractivity contribution in [3.63, 3.8) is 0 Å². The maximum absolute atomic E-state index is 13.8. The molecule has 0 spiro atoms. The number of hydrogen-bond acceptors (Lipinski definition) is 2. The minimum absolute atomic E-state index is 0.268. The Morgan fingerprint density at radius 2 is 1.83 bits per heavy atom. The Kier molecular flexibility index (Phi) is 8.13. The monoisotopic (exact) mass is 323 g/mol. The van der Waals surface area contributed by atoms with Crippen molar-refractivity contribution >= 4 is 0 Å². The highest BCUT2D eigenvalue weighted by Gasteiger charge is 2.35. The molecule has 3 atom stereocenters. The summed E-state index contributed by atoms with van der Waals surface area (Å²) in [7, 11) is 0. The zero-order chi connectivity index (χ0) is 17.3. The van der Waals surface area contributed by atoms with Crippen molar-refractivity contribution in [2.45, 2.75) is 56.7 Å². The lowest BCUT2D eigenvalue weighted by Crippen LogP contribution is -2.31. The normalized spacial score (nSPS) is 16.2. The summed E-state index contributed by atoms with van der Waals surface area (Å²) in [5, 5.41) is 19.5. The summed E-state index contributed by atoms with van der Waals surface area (Å²) in [4.78, 5) is 0. The fraction of sp³-hybridized carbons (Fsp3) is 0.474. The van der Waals surface area contributed by atoms with Crippen LogP contribution < -0.4 is 0 Å². The zero-order valence-electron chi connectivity index (χ0n) is 13.4. The molecule has 0 saturated carbocycles. The number of benzene rings is 1. The van der Waals surface area contributed by atoms with Crippen molar-refractivity contribution < 1.29 is 19.0 Å². The Morgan fingerprint density at radius 3 is 2.39 bits per heavy atom. The molecule has 127 valence electrons. The van der Waals surface area contributed by atoms with E-state index < -0.39 is 18.1 Å². The number of aliphatic hydroxyl groups excluding tert-OH is 2. The predicted molar refractivity (Wildman–Crippen MR) is 88.3 cm³/mol. The average molecular weight is 323 g/mol. The summed E-state index contributed by atoms with van der Waals surface area (Å²) >= 11 is 0. The second-order valence-electron chi connectivity index (χ2n) is 5.71. The van der Waals surface area contributed by atoms with Gasteiger partial charge in [0.1, 0.15) is 6.10 Å². The van der Waals surface area contributed by atoms with Crippen molar-refractivity contribution in [3.8, 4) is 0 Å². The highest BCUT2D eigenvalue weighted by atomic mass is 19.3. The van der Waals surface area contributed by atoms with Crippen LogP contribution >= 0.6 is 0 Å². The van der Waals surface area contributed by atoms with E-state index in [0.29, 0.717) is 12.8 Å². The van der Waals surface area contributed by atoms with Crippen LogP contribution in [-0.2, 0) is 0 Å². The fourth-order valence-electron chi connectivity index (χ4n) is 2.31. The van der Waals surface area contributed by atoms with E-state index in [9.17, 15) is 19.0 Å². The SMILES string of the molecule is [CH]=CC(O)CC(/C=C/C(O)C(F)(F)CCCC)c1ccccc1. The first-order valence-corrected chi connectivity index (χ1v) is 7.93. The number of allylic oxidation sites excluding steroid dienone is 1. The Bertz CT molecular complexity index is 485. The molecule has 0 heterocycles. The largest absolute Gasteiger partial charge is 0.389 e. The maximum atomic E-state index is 13.8. The third-order valence-corrected chi connectivity index (χ3v) is 3.77. The zero-order valence-corrected chi connectivity index (χ0v) is 13.4. The first kappa shape index (κ1) is 19.5. The smallest absolute Gasteiger partial charge is 0.276 e. The van der Waals surface area contributed by atoms with E-state index in [2.05, 4.69) is 0 Å². The van der Waals surface area contributed by atoms with Gasteiger partial charge in [0.2, 0.25) is 0 Å². The van der Waals surface area contributed by atoms with Crippen molar-refractivity contribution in [2.24, 2.45) is 0 Å². The number of halogens is 2. The summed E-state index contributed by atoms with van der Waals surface area (Å²) in [5.74, 6) is -3.45. The Morgan fingerprint density at radius 1 is 1.17 bits per heavy atom. The molecule has 0 aliphatic heterocycles. The van der Waals surface area contributed by atoms with Crippen LogP contribution in [0.2, 0.25) is 0 Å². The van der Waals surface area contributed by atoms with Gasteiger partial charge in [-0.15, -0.1) is 0 Å². The van der Waals surface area contributed by atoms with E-state index in [-0.39, 0.29) is 18.8 Å². The highest BCUT2D eigenvalue weighted by molar-refractivity contribution is 5.24. The Hall–Kier alpha value is -1.52. The van der Waals surface area contributed by atoms with Crippen LogP contribution in [0.3, 0.4) is 0 Å². The number of rotatable bonds is 10. The van der Waals surface area contributed by atoms with Gasteiger partial charge in [-0.2, -0.15) is 0 Å². The number of unbranched alkanes of at least 4 members (excludes halogenated alkanes) is 1. The summed E-state index contributed by atoms with van der Waals surface area (Å²) in [6.07, 6.45) is 2.06. The van der Waals surface area contributed by atoms with E-state index in [1.807, 2.05) is 37.3 Å². The molecule has 0 aromatic heterocycles. The molecular weight excluding hydrogens is 298 g/mol. The molecule has 3 unspecified atom stereocenters. The molecular formula is C19H25F2O2. The standard InChI is InChI=1S/C19H25F2O2/c1-3-5-13-19(20,21)18(23)12-11-16(14-17(22)4-2)15-9-7-6-8-10-15/h2,4,6-12,16-18,22-23H,3,5,13-14H2,1H3/b4-2?,12-11+. The molecule has 1 rings (SSSR count). The summed E-state index contributed by atoms with van der Waals surface area (Å²) < 4.78 is 27.6. The van der Waals surface area contributed by atoms with Crippen molar-refractivity contribution in [3.05, 3.63) is 60.7 Å².